The first kappa shape index (κ1) is 15.3. The molecule has 1 atom stereocenters. The van der Waals surface area contributed by atoms with Crippen molar-refractivity contribution in [1.82, 2.24) is 29.6 Å². The van der Waals surface area contributed by atoms with Gasteiger partial charge in [0.25, 0.3) is 0 Å². The van der Waals surface area contributed by atoms with Crippen molar-refractivity contribution >= 4 is 17.4 Å². The van der Waals surface area contributed by atoms with Crippen molar-refractivity contribution in [2.45, 2.75) is 31.8 Å². The van der Waals surface area contributed by atoms with E-state index in [1.165, 1.54) is 0 Å². The van der Waals surface area contributed by atoms with Gasteiger partial charge in [0.05, 0.1) is 6.04 Å². The molecule has 0 bridgehead atoms. The minimum Gasteiger partial charge on any atom is -0.352 e. The monoisotopic (exact) mass is 329 g/mol. The largest absolute Gasteiger partial charge is 0.352 e. The Kier molecular flexibility index (Phi) is 3.64. The van der Waals surface area contributed by atoms with Gasteiger partial charge in [-0.2, -0.15) is 4.52 Å². The summed E-state index contributed by atoms with van der Waals surface area (Å²) >= 11 is 0. The molecule has 0 saturated carbocycles. The molecule has 1 unspecified atom stereocenters. The highest BCUT2D eigenvalue weighted by Crippen LogP contribution is 2.25. The summed E-state index contributed by atoms with van der Waals surface area (Å²) in [5.41, 5.74) is 0.765. The number of hydrogen-bond acceptors (Lipinski definition) is 6. The van der Waals surface area contributed by atoms with Crippen LogP contribution in [0.25, 0.3) is 5.65 Å². The van der Waals surface area contributed by atoms with Crippen LogP contribution in [0.1, 0.15) is 18.7 Å². The fourth-order valence-electron chi connectivity index (χ4n) is 3.60. The number of anilines is 1. The number of fused-ring (bicyclic) bond motifs is 1. The molecule has 0 aliphatic carbocycles. The Bertz CT molecular complexity index is 767. The average Bonchev–Trinajstić information content (AvgIpc) is 2.89. The van der Waals surface area contributed by atoms with Crippen LogP contribution in [0.2, 0.25) is 0 Å². The molecular weight excluding hydrogens is 306 g/mol. The van der Waals surface area contributed by atoms with Crippen LogP contribution in [-0.4, -0.2) is 81.3 Å². The summed E-state index contributed by atoms with van der Waals surface area (Å²) < 4.78 is 1.77. The van der Waals surface area contributed by atoms with Gasteiger partial charge in [-0.1, -0.05) is 0 Å². The van der Waals surface area contributed by atoms with Crippen molar-refractivity contribution in [3.8, 4) is 0 Å². The van der Waals surface area contributed by atoms with Gasteiger partial charge in [-0.05, 0) is 38.9 Å². The molecule has 0 spiro atoms. The summed E-state index contributed by atoms with van der Waals surface area (Å²) in [4.78, 5) is 18.7. The van der Waals surface area contributed by atoms with E-state index in [0.717, 1.165) is 49.8 Å². The second kappa shape index (κ2) is 5.70. The predicted octanol–water partition coefficient (Wildman–Crippen LogP) is 0.174. The molecule has 24 heavy (non-hydrogen) atoms. The van der Waals surface area contributed by atoms with Gasteiger partial charge in [0.2, 0.25) is 5.91 Å². The normalized spacial score (nSPS) is 22.5. The zero-order valence-corrected chi connectivity index (χ0v) is 14.4. The van der Waals surface area contributed by atoms with Crippen molar-refractivity contribution in [3.63, 3.8) is 0 Å². The Balaban J connectivity index is 1.43. The molecule has 2 saturated heterocycles. The highest BCUT2D eigenvalue weighted by Gasteiger charge is 2.38. The Hall–Kier alpha value is -2.22. The zero-order chi connectivity index (χ0) is 16.8. The number of nitrogens with zero attached hydrogens (tertiary/aromatic N) is 7. The van der Waals surface area contributed by atoms with Gasteiger partial charge in [-0.3, -0.25) is 9.69 Å². The van der Waals surface area contributed by atoms with Gasteiger partial charge < -0.3 is 9.80 Å². The van der Waals surface area contributed by atoms with Crippen LogP contribution in [0, 0.1) is 6.92 Å². The molecule has 2 fully saturated rings. The topological polar surface area (TPSA) is 69.9 Å². The lowest BCUT2D eigenvalue weighted by atomic mass is 9.99. The first-order chi connectivity index (χ1) is 11.5. The number of hydrogen-bond donors (Lipinski definition) is 0. The van der Waals surface area contributed by atoms with Gasteiger partial charge in [-0.25, -0.2) is 0 Å². The van der Waals surface area contributed by atoms with E-state index in [1.807, 2.05) is 31.0 Å². The van der Waals surface area contributed by atoms with Crippen LogP contribution < -0.4 is 4.90 Å². The smallest absolute Gasteiger partial charge is 0.239 e. The molecule has 4 rings (SSSR count). The first-order valence-corrected chi connectivity index (χ1v) is 8.45. The minimum absolute atomic E-state index is 0.0198. The molecule has 2 aromatic rings. The maximum Gasteiger partial charge on any atom is 0.239 e. The predicted molar refractivity (Wildman–Crippen MR) is 89.9 cm³/mol. The third-order valence-corrected chi connectivity index (χ3v) is 5.29. The summed E-state index contributed by atoms with van der Waals surface area (Å²) in [7, 11) is 3.97. The van der Waals surface area contributed by atoms with Crippen molar-refractivity contribution in [2.24, 2.45) is 0 Å². The molecule has 8 nitrogen and oxygen atoms in total. The Morgan fingerprint density at radius 2 is 2.04 bits per heavy atom. The van der Waals surface area contributed by atoms with Crippen molar-refractivity contribution in [2.75, 3.05) is 38.6 Å². The third-order valence-electron chi connectivity index (χ3n) is 5.29. The molecule has 0 N–H and O–H groups in total. The molecule has 2 aromatic heterocycles. The second-order valence-electron chi connectivity index (χ2n) is 6.85. The van der Waals surface area contributed by atoms with Gasteiger partial charge >= 0.3 is 0 Å². The first-order valence-electron chi connectivity index (χ1n) is 8.45. The molecule has 0 aromatic carbocycles. The number of likely N-dealkylation sites (N-methyl/N-ethyl adjacent to an activating group) is 2. The van der Waals surface area contributed by atoms with E-state index in [9.17, 15) is 4.79 Å². The van der Waals surface area contributed by atoms with Crippen LogP contribution in [0.15, 0.2) is 12.1 Å². The van der Waals surface area contributed by atoms with Crippen molar-refractivity contribution < 1.29 is 4.79 Å². The molecule has 8 heteroatoms. The highest BCUT2D eigenvalue weighted by atomic mass is 16.2. The van der Waals surface area contributed by atoms with Gasteiger partial charge in [-0.15, -0.1) is 15.3 Å². The van der Waals surface area contributed by atoms with E-state index in [-0.39, 0.29) is 11.9 Å². The Morgan fingerprint density at radius 3 is 2.83 bits per heavy atom. The van der Waals surface area contributed by atoms with E-state index >= 15 is 0 Å². The number of aromatic nitrogens is 4. The summed E-state index contributed by atoms with van der Waals surface area (Å²) in [6, 6.07) is 4.34. The van der Waals surface area contributed by atoms with Crippen LogP contribution in [0.5, 0.6) is 0 Å². The number of rotatable bonds is 3. The summed E-state index contributed by atoms with van der Waals surface area (Å²) in [6.45, 7) is 4.56. The Labute approximate surface area is 141 Å². The zero-order valence-electron chi connectivity index (χ0n) is 14.4. The van der Waals surface area contributed by atoms with Gasteiger partial charge in [0.1, 0.15) is 5.82 Å². The highest BCUT2D eigenvalue weighted by molar-refractivity contribution is 5.82. The summed E-state index contributed by atoms with van der Waals surface area (Å²) in [6.07, 6.45) is 2.04. The fourth-order valence-corrected chi connectivity index (χ4v) is 3.60. The van der Waals surface area contributed by atoms with E-state index in [4.69, 9.17) is 0 Å². The lowest BCUT2D eigenvalue weighted by molar-refractivity contribution is -0.139. The van der Waals surface area contributed by atoms with Gasteiger partial charge in [0, 0.05) is 32.7 Å². The number of amides is 1. The van der Waals surface area contributed by atoms with E-state index in [2.05, 4.69) is 32.1 Å². The number of likely N-dealkylation sites (tertiary alicyclic amines) is 1. The summed E-state index contributed by atoms with van der Waals surface area (Å²) in [5.74, 6) is 1.97. The maximum atomic E-state index is 12.4. The van der Waals surface area contributed by atoms with Crippen LogP contribution in [0.4, 0.5) is 5.82 Å². The van der Waals surface area contributed by atoms with E-state index in [1.54, 1.807) is 4.52 Å². The number of carbonyl (C=O) groups excluding carboxylic acids is 1. The Morgan fingerprint density at radius 1 is 1.25 bits per heavy atom. The third kappa shape index (κ3) is 2.41. The van der Waals surface area contributed by atoms with Crippen LogP contribution >= 0.6 is 0 Å². The number of carbonyl (C=O) groups is 1. The van der Waals surface area contributed by atoms with Gasteiger partial charge in [0.15, 0.2) is 11.5 Å². The lowest BCUT2D eigenvalue weighted by Crippen LogP contribution is -2.64. The molecule has 2 aliphatic heterocycles. The lowest BCUT2D eigenvalue weighted by Gasteiger charge is -2.48. The molecule has 128 valence electrons. The quantitative estimate of drug-likeness (QED) is 0.800. The van der Waals surface area contributed by atoms with E-state index in [0.29, 0.717) is 6.04 Å². The molecular formula is C16H23N7O. The van der Waals surface area contributed by atoms with E-state index < -0.39 is 0 Å². The maximum absolute atomic E-state index is 12.4. The molecule has 1 amide bonds. The van der Waals surface area contributed by atoms with Crippen molar-refractivity contribution in [3.05, 3.63) is 18.0 Å². The molecule has 2 aliphatic rings. The SMILES string of the molecule is Cc1nnc2ccc(N3CC(N(C)C4CCCN(C)C4=O)C3)nn12. The summed E-state index contributed by atoms with van der Waals surface area (Å²) in [5, 5.41) is 12.7. The molecule has 4 heterocycles. The number of aryl methyl sites for hydroxylation is 1. The van der Waals surface area contributed by atoms with Crippen molar-refractivity contribution in [1.29, 1.82) is 0 Å². The standard InChI is InChI=1S/C16H23N7O/c1-11-17-18-14-6-7-15(19-23(11)14)22-9-12(10-22)21(3)13-5-4-8-20(2)16(13)24/h6-7,12-13H,4-5,8-10H2,1-3H3. The van der Waals surface area contributed by atoms with Crippen LogP contribution in [-0.2, 0) is 4.79 Å². The minimum atomic E-state index is 0.0198. The van der Waals surface area contributed by atoms with Crippen LogP contribution in [0.3, 0.4) is 0 Å². The second-order valence-corrected chi connectivity index (χ2v) is 6.85. The molecule has 0 radical (unpaired) electrons. The fraction of sp³-hybridized carbons (Fsp3) is 0.625. The average molecular weight is 329 g/mol. The number of piperidine rings is 1.